The molecule has 0 atom stereocenters. The lowest BCUT2D eigenvalue weighted by molar-refractivity contribution is 0.0665. The Bertz CT molecular complexity index is 1100. The minimum atomic E-state index is -1.14. The maximum absolute atomic E-state index is 12.4. The molecule has 0 saturated heterocycles. The van der Waals surface area contributed by atoms with Crippen molar-refractivity contribution >= 4 is 28.5 Å². The van der Waals surface area contributed by atoms with Crippen LogP contribution in [0.2, 0.25) is 0 Å². The summed E-state index contributed by atoms with van der Waals surface area (Å²) in [5.74, 6) is -1.54. The average molecular weight is 347 g/mol. The summed E-state index contributed by atoms with van der Waals surface area (Å²) in [4.78, 5) is 23.4. The Morgan fingerprint density at radius 2 is 1.88 bits per heavy atom. The Labute approximate surface area is 147 Å². The number of aromatic nitrogens is 2. The van der Waals surface area contributed by atoms with E-state index in [0.717, 1.165) is 5.69 Å². The summed E-state index contributed by atoms with van der Waals surface area (Å²) in [5, 5.41) is 16.5. The maximum atomic E-state index is 12.4. The molecule has 0 aliphatic heterocycles. The summed E-state index contributed by atoms with van der Waals surface area (Å²) in [6.45, 7) is 0. The highest BCUT2D eigenvalue weighted by atomic mass is 16.4. The molecule has 0 bridgehead atoms. The molecule has 0 spiro atoms. The van der Waals surface area contributed by atoms with E-state index in [1.54, 1.807) is 53.3 Å². The molecule has 2 aromatic carbocycles. The number of hydrogen-bond donors (Lipinski definition) is 2. The van der Waals surface area contributed by atoms with Crippen molar-refractivity contribution < 1.29 is 19.1 Å². The largest absolute Gasteiger partial charge is 0.475 e. The summed E-state index contributed by atoms with van der Waals surface area (Å²) in [7, 11) is 0. The number of nitrogens with one attached hydrogen (secondary N) is 1. The topological polar surface area (TPSA) is 97.4 Å². The van der Waals surface area contributed by atoms with Crippen molar-refractivity contribution in [3.63, 3.8) is 0 Å². The number of carboxylic acid groups (broad SMARTS) is 1. The second kappa shape index (κ2) is 6.21. The van der Waals surface area contributed by atoms with E-state index in [-0.39, 0.29) is 11.7 Å². The van der Waals surface area contributed by atoms with Gasteiger partial charge in [0.05, 0.1) is 5.69 Å². The van der Waals surface area contributed by atoms with Crippen LogP contribution in [0.3, 0.4) is 0 Å². The van der Waals surface area contributed by atoms with E-state index in [4.69, 9.17) is 9.52 Å². The molecule has 0 unspecified atom stereocenters. The highest BCUT2D eigenvalue weighted by Gasteiger charge is 2.12. The van der Waals surface area contributed by atoms with Gasteiger partial charge in [0, 0.05) is 29.0 Å². The number of amides is 1. The number of furan rings is 1. The molecule has 0 aliphatic rings. The summed E-state index contributed by atoms with van der Waals surface area (Å²) < 4.78 is 6.91. The number of nitrogens with zero attached hydrogens (tertiary/aromatic N) is 2. The van der Waals surface area contributed by atoms with Crippen molar-refractivity contribution in [2.24, 2.45) is 0 Å². The highest BCUT2D eigenvalue weighted by Crippen LogP contribution is 2.23. The zero-order chi connectivity index (χ0) is 18.1. The quantitative estimate of drug-likeness (QED) is 0.588. The lowest BCUT2D eigenvalue weighted by Gasteiger charge is -2.06. The molecule has 2 aromatic heterocycles. The number of benzene rings is 2. The van der Waals surface area contributed by atoms with E-state index in [0.29, 0.717) is 22.2 Å². The average Bonchev–Trinajstić information content (AvgIpc) is 3.31. The van der Waals surface area contributed by atoms with E-state index >= 15 is 0 Å². The van der Waals surface area contributed by atoms with Crippen LogP contribution in [0.25, 0.3) is 16.7 Å². The second-order valence-electron chi connectivity index (χ2n) is 5.62. The molecule has 128 valence electrons. The van der Waals surface area contributed by atoms with E-state index in [1.807, 2.05) is 12.3 Å². The SMILES string of the molecule is O=C(Nc1ccc2oc(C(=O)O)cc2c1)c1ccc(-n2cccn2)cc1. The number of fused-ring (bicyclic) bond motifs is 1. The number of carbonyl (C=O) groups excluding carboxylic acids is 1. The first-order chi connectivity index (χ1) is 12.6. The fourth-order valence-corrected chi connectivity index (χ4v) is 2.62. The van der Waals surface area contributed by atoms with Crippen LogP contribution in [0, 0.1) is 0 Å². The summed E-state index contributed by atoms with van der Waals surface area (Å²) in [5.41, 5.74) is 2.35. The van der Waals surface area contributed by atoms with Gasteiger partial charge in [-0.3, -0.25) is 4.79 Å². The van der Waals surface area contributed by atoms with Crippen LogP contribution in [0.15, 0.2) is 71.4 Å². The molecule has 7 heteroatoms. The minimum Gasteiger partial charge on any atom is -0.475 e. The van der Waals surface area contributed by atoms with Crippen molar-refractivity contribution in [3.8, 4) is 5.69 Å². The molecule has 0 fully saturated rings. The first kappa shape index (κ1) is 15.6. The smallest absolute Gasteiger partial charge is 0.371 e. The van der Waals surface area contributed by atoms with E-state index < -0.39 is 5.97 Å². The van der Waals surface area contributed by atoms with Gasteiger partial charge in [0.25, 0.3) is 5.91 Å². The van der Waals surface area contributed by atoms with Crippen molar-refractivity contribution in [1.29, 1.82) is 0 Å². The molecule has 7 nitrogen and oxygen atoms in total. The van der Waals surface area contributed by atoms with Gasteiger partial charge in [-0.15, -0.1) is 0 Å². The first-order valence-corrected chi connectivity index (χ1v) is 7.78. The molecule has 0 saturated carbocycles. The fourth-order valence-electron chi connectivity index (χ4n) is 2.62. The second-order valence-corrected chi connectivity index (χ2v) is 5.62. The van der Waals surface area contributed by atoms with Gasteiger partial charge in [0.1, 0.15) is 5.58 Å². The van der Waals surface area contributed by atoms with Gasteiger partial charge in [0.2, 0.25) is 5.76 Å². The Morgan fingerprint density at radius 1 is 1.08 bits per heavy atom. The molecule has 26 heavy (non-hydrogen) atoms. The summed E-state index contributed by atoms with van der Waals surface area (Å²) in [6, 6.07) is 15.2. The first-order valence-electron chi connectivity index (χ1n) is 7.78. The van der Waals surface area contributed by atoms with E-state index in [1.165, 1.54) is 6.07 Å². The van der Waals surface area contributed by atoms with Crippen LogP contribution in [-0.4, -0.2) is 26.8 Å². The number of hydrogen-bond acceptors (Lipinski definition) is 4. The number of carbonyl (C=O) groups is 2. The van der Waals surface area contributed by atoms with Crippen molar-refractivity contribution in [3.05, 3.63) is 78.3 Å². The van der Waals surface area contributed by atoms with Gasteiger partial charge in [-0.25, -0.2) is 9.48 Å². The predicted molar refractivity (Wildman–Crippen MR) is 94.7 cm³/mol. The Morgan fingerprint density at radius 3 is 2.58 bits per heavy atom. The zero-order valence-electron chi connectivity index (χ0n) is 13.4. The van der Waals surface area contributed by atoms with E-state index in [9.17, 15) is 9.59 Å². The molecule has 1 amide bonds. The molecular formula is C19H13N3O4. The predicted octanol–water partition coefficient (Wildman–Crippen LogP) is 3.57. The van der Waals surface area contributed by atoms with Gasteiger partial charge in [0.15, 0.2) is 0 Å². The van der Waals surface area contributed by atoms with Crippen LogP contribution in [-0.2, 0) is 0 Å². The minimum absolute atomic E-state index is 0.141. The van der Waals surface area contributed by atoms with Crippen molar-refractivity contribution in [2.45, 2.75) is 0 Å². The van der Waals surface area contributed by atoms with E-state index in [2.05, 4.69) is 10.4 Å². The van der Waals surface area contributed by atoms with Crippen LogP contribution in [0.5, 0.6) is 0 Å². The lowest BCUT2D eigenvalue weighted by Crippen LogP contribution is -2.11. The van der Waals surface area contributed by atoms with Crippen molar-refractivity contribution in [1.82, 2.24) is 9.78 Å². The van der Waals surface area contributed by atoms with Gasteiger partial charge < -0.3 is 14.8 Å². The third-order valence-electron chi connectivity index (χ3n) is 3.88. The van der Waals surface area contributed by atoms with Crippen LogP contribution >= 0.6 is 0 Å². The molecule has 0 aliphatic carbocycles. The maximum Gasteiger partial charge on any atom is 0.371 e. The molecular weight excluding hydrogens is 334 g/mol. The Hall–Kier alpha value is -3.87. The third-order valence-corrected chi connectivity index (χ3v) is 3.88. The number of anilines is 1. The number of aromatic carboxylic acids is 1. The molecule has 0 radical (unpaired) electrons. The van der Waals surface area contributed by atoms with Crippen LogP contribution < -0.4 is 5.32 Å². The zero-order valence-corrected chi connectivity index (χ0v) is 13.4. The van der Waals surface area contributed by atoms with Gasteiger partial charge in [-0.05, 0) is 54.6 Å². The van der Waals surface area contributed by atoms with Crippen molar-refractivity contribution in [2.75, 3.05) is 5.32 Å². The van der Waals surface area contributed by atoms with Gasteiger partial charge >= 0.3 is 5.97 Å². The normalized spacial score (nSPS) is 10.8. The third kappa shape index (κ3) is 2.93. The Kier molecular flexibility index (Phi) is 3.74. The van der Waals surface area contributed by atoms with Gasteiger partial charge in [-0.1, -0.05) is 0 Å². The molecule has 4 rings (SSSR count). The summed E-state index contributed by atoms with van der Waals surface area (Å²) in [6.07, 6.45) is 3.50. The monoisotopic (exact) mass is 347 g/mol. The lowest BCUT2D eigenvalue weighted by atomic mass is 10.1. The highest BCUT2D eigenvalue weighted by molar-refractivity contribution is 6.05. The number of carboxylic acids is 1. The Balaban J connectivity index is 1.54. The fraction of sp³-hybridized carbons (Fsp3) is 0. The van der Waals surface area contributed by atoms with Gasteiger partial charge in [-0.2, -0.15) is 5.10 Å². The van der Waals surface area contributed by atoms with Crippen LogP contribution in [0.4, 0.5) is 5.69 Å². The molecule has 2 N–H and O–H groups in total. The number of rotatable bonds is 4. The molecule has 2 heterocycles. The van der Waals surface area contributed by atoms with Crippen LogP contribution in [0.1, 0.15) is 20.9 Å². The summed E-state index contributed by atoms with van der Waals surface area (Å²) >= 11 is 0. The molecule has 4 aromatic rings. The standard InChI is InChI=1S/C19H13N3O4/c23-18(12-2-5-15(6-3-12)22-9-1-8-20-22)21-14-4-7-16-13(10-14)11-17(26-16)19(24)25/h1-11H,(H,21,23)(H,24,25).